The molecule has 29 heavy (non-hydrogen) atoms. The molecule has 144 valence electrons. The van der Waals surface area contributed by atoms with Crippen molar-refractivity contribution in [3.63, 3.8) is 0 Å². The second kappa shape index (κ2) is 6.94. The SMILES string of the molecule is NC(=O)c1cccc2c(-c3nc4c(c(NCc5ccccc5)n3)NCC4)[nH]cc12. The van der Waals surface area contributed by atoms with Crippen molar-refractivity contribution in [3.8, 4) is 11.5 Å². The van der Waals surface area contributed by atoms with Gasteiger partial charge >= 0.3 is 0 Å². The molecule has 0 atom stereocenters. The summed E-state index contributed by atoms with van der Waals surface area (Å²) < 4.78 is 0. The van der Waals surface area contributed by atoms with Gasteiger partial charge in [-0.1, -0.05) is 42.5 Å². The summed E-state index contributed by atoms with van der Waals surface area (Å²) in [6.45, 7) is 1.51. The third-order valence-corrected chi connectivity index (χ3v) is 5.18. The summed E-state index contributed by atoms with van der Waals surface area (Å²) in [6.07, 6.45) is 2.63. The maximum Gasteiger partial charge on any atom is 0.249 e. The Morgan fingerprint density at radius 2 is 1.93 bits per heavy atom. The van der Waals surface area contributed by atoms with Crippen LogP contribution >= 0.6 is 0 Å². The Hall–Kier alpha value is -3.87. The molecule has 0 aliphatic carbocycles. The van der Waals surface area contributed by atoms with Crippen molar-refractivity contribution >= 4 is 28.2 Å². The average Bonchev–Trinajstić information content (AvgIpc) is 3.39. The van der Waals surface area contributed by atoms with Gasteiger partial charge in [0.05, 0.1) is 17.1 Å². The Morgan fingerprint density at radius 3 is 2.76 bits per heavy atom. The van der Waals surface area contributed by atoms with Gasteiger partial charge in [-0.15, -0.1) is 0 Å². The van der Waals surface area contributed by atoms with Crippen LogP contribution in [0.1, 0.15) is 21.6 Å². The summed E-state index contributed by atoms with van der Waals surface area (Å²) in [6, 6.07) is 15.7. The third kappa shape index (κ3) is 3.06. The quantitative estimate of drug-likeness (QED) is 0.422. The number of fused-ring (bicyclic) bond motifs is 2. The molecule has 0 saturated carbocycles. The minimum atomic E-state index is -0.453. The normalized spacial score (nSPS) is 12.6. The molecule has 0 bridgehead atoms. The summed E-state index contributed by atoms with van der Waals surface area (Å²) in [5.74, 6) is 0.922. The molecule has 1 aliphatic heterocycles. The maximum atomic E-state index is 11.7. The van der Waals surface area contributed by atoms with E-state index in [0.717, 1.165) is 46.6 Å². The Balaban J connectivity index is 1.57. The number of nitrogens with zero attached hydrogens (tertiary/aromatic N) is 2. The standard InChI is InChI=1S/C22H20N6O/c23-20(29)15-8-4-7-14-16(15)12-25-18(14)22-27-17-9-10-24-19(17)21(28-22)26-11-13-5-2-1-3-6-13/h1-8,12,24-25H,9-11H2,(H2,23,29)(H,26,27,28). The van der Waals surface area contributed by atoms with E-state index in [2.05, 4.69) is 27.8 Å². The van der Waals surface area contributed by atoms with Gasteiger partial charge in [-0.3, -0.25) is 4.79 Å². The van der Waals surface area contributed by atoms with Gasteiger partial charge in [0.1, 0.15) is 0 Å². The molecular weight excluding hydrogens is 364 g/mol. The van der Waals surface area contributed by atoms with Crippen molar-refractivity contribution in [3.05, 3.63) is 71.5 Å². The number of hydrogen-bond donors (Lipinski definition) is 4. The van der Waals surface area contributed by atoms with Crippen LogP contribution in [-0.4, -0.2) is 27.4 Å². The van der Waals surface area contributed by atoms with Crippen LogP contribution in [0.5, 0.6) is 0 Å². The number of aromatic nitrogens is 3. The molecule has 1 amide bonds. The lowest BCUT2D eigenvalue weighted by Crippen LogP contribution is -2.10. The molecule has 0 unspecified atom stereocenters. The molecule has 0 saturated heterocycles. The highest BCUT2D eigenvalue weighted by atomic mass is 16.1. The van der Waals surface area contributed by atoms with E-state index in [0.29, 0.717) is 17.9 Å². The minimum absolute atomic E-state index is 0.453. The van der Waals surface area contributed by atoms with E-state index < -0.39 is 5.91 Å². The van der Waals surface area contributed by atoms with Gasteiger partial charge in [0.15, 0.2) is 11.6 Å². The molecule has 0 spiro atoms. The molecule has 2 aromatic heterocycles. The lowest BCUT2D eigenvalue weighted by Gasteiger charge is -2.12. The zero-order valence-corrected chi connectivity index (χ0v) is 15.7. The zero-order valence-electron chi connectivity index (χ0n) is 15.7. The fraction of sp³-hybridized carbons (Fsp3) is 0.136. The summed E-state index contributed by atoms with van der Waals surface area (Å²) in [5.41, 5.74) is 9.90. The molecule has 7 nitrogen and oxygen atoms in total. The Bertz CT molecular complexity index is 1210. The number of rotatable bonds is 5. The highest BCUT2D eigenvalue weighted by Crippen LogP contribution is 2.33. The van der Waals surface area contributed by atoms with Crippen LogP contribution in [0.4, 0.5) is 11.5 Å². The fourth-order valence-electron chi connectivity index (χ4n) is 3.76. The lowest BCUT2D eigenvalue weighted by molar-refractivity contribution is 0.100. The number of nitrogens with two attached hydrogens (primary N) is 1. The van der Waals surface area contributed by atoms with Crippen molar-refractivity contribution in [2.75, 3.05) is 17.2 Å². The number of H-pyrrole nitrogens is 1. The lowest BCUT2D eigenvalue weighted by atomic mass is 10.1. The predicted molar refractivity (Wildman–Crippen MR) is 114 cm³/mol. The van der Waals surface area contributed by atoms with Gasteiger partial charge in [-0.2, -0.15) is 0 Å². The topological polar surface area (TPSA) is 109 Å². The first-order valence-electron chi connectivity index (χ1n) is 9.53. The molecule has 4 aromatic rings. The number of amides is 1. The summed E-state index contributed by atoms with van der Waals surface area (Å²) >= 11 is 0. The summed E-state index contributed by atoms with van der Waals surface area (Å²) in [5, 5.41) is 8.47. The van der Waals surface area contributed by atoms with Gasteiger partial charge in [0.25, 0.3) is 0 Å². The van der Waals surface area contributed by atoms with E-state index in [4.69, 9.17) is 15.7 Å². The first-order chi connectivity index (χ1) is 14.2. The highest BCUT2D eigenvalue weighted by Gasteiger charge is 2.21. The smallest absolute Gasteiger partial charge is 0.249 e. The number of nitrogens with one attached hydrogen (secondary N) is 3. The molecular formula is C22H20N6O. The maximum absolute atomic E-state index is 11.7. The van der Waals surface area contributed by atoms with Gasteiger partial charge in [-0.25, -0.2) is 9.97 Å². The van der Waals surface area contributed by atoms with E-state index in [1.165, 1.54) is 5.56 Å². The van der Waals surface area contributed by atoms with Crippen LogP contribution in [0.2, 0.25) is 0 Å². The van der Waals surface area contributed by atoms with Gasteiger partial charge in [0, 0.05) is 42.0 Å². The monoisotopic (exact) mass is 384 g/mol. The number of benzene rings is 2. The number of carbonyl (C=O) groups is 1. The fourth-order valence-corrected chi connectivity index (χ4v) is 3.76. The van der Waals surface area contributed by atoms with Crippen molar-refractivity contribution in [2.45, 2.75) is 13.0 Å². The molecule has 0 radical (unpaired) electrons. The van der Waals surface area contributed by atoms with Crippen LogP contribution in [0, 0.1) is 0 Å². The van der Waals surface area contributed by atoms with Gasteiger partial charge in [-0.05, 0) is 11.6 Å². The van der Waals surface area contributed by atoms with Crippen LogP contribution in [-0.2, 0) is 13.0 Å². The second-order valence-electron chi connectivity index (χ2n) is 7.03. The largest absolute Gasteiger partial charge is 0.380 e. The van der Waals surface area contributed by atoms with Crippen LogP contribution in [0.3, 0.4) is 0 Å². The number of primary amides is 1. The van der Waals surface area contributed by atoms with E-state index in [9.17, 15) is 4.79 Å². The number of carbonyl (C=O) groups excluding carboxylic acids is 1. The third-order valence-electron chi connectivity index (χ3n) is 5.18. The first kappa shape index (κ1) is 17.2. The second-order valence-corrected chi connectivity index (χ2v) is 7.03. The molecule has 7 heteroatoms. The van der Waals surface area contributed by atoms with Crippen molar-refractivity contribution in [1.82, 2.24) is 15.0 Å². The average molecular weight is 384 g/mol. The molecule has 1 aliphatic rings. The van der Waals surface area contributed by atoms with Crippen molar-refractivity contribution < 1.29 is 4.79 Å². The predicted octanol–water partition coefficient (Wildman–Crippen LogP) is 3.30. The Labute approximate surface area is 167 Å². The molecule has 3 heterocycles. The van der Waals surface area contributed by atoms with Crippen LogP contribution < -0.4 is 16.4 Å². The Morgan fingerprint density at radius 1 is 1.07 bits per heavy atom. The van der Waals surface area contributed by atoms with Crippen molar-refractivity contribution in [2.24, 2.45) is 5.73 Å². The molecule has 5 N–H and O–H groups in total. The van der Waals surface area contributed by atoms with E-state index in [-0.39, 0.29) is 0 Å². The minimum Gasteiger partial charge on any atom is -0.380 e. The summed E-state index contributed by atoms with van der Waals surface area (Å²) in [7, 11) is 0. The number of anilines is 2. The van der Waals surface area contributed by atoms with Crippen molar-refractivity contribution in [1.29, 1.82) is 0 Å². The molecule has 0 fully saturated rings. The molecule has 5 rings (SSSR count). The highest BCUT2D eigenvalue weighted by molar-refractivity contribution is 6.09. The number of hydrogen-bond acceptors (Lipinski definition) is 5. The van der Waals surface area contributed by atoms with Crippen LogP contribution in [0.25, 0.3) is 22.3 Å². The van der Waals surface area contributed by atoms with Gasteiger partial charge < -0.3 is 21.4 Å². The number of aromatic amines is 1. The first-order valence-corrected chi connectivity index (χ1v) is 9.53. The summed E-state index contributed by atoms with van der Waals surface area (Å²) in [4.78, 5) is 24.6. The van der Waals surface area contributed by atoms with E-state index in [1.807, 2.05) is 30.3 Å². The Kier molecular flexibility index (Phi) is 4.13. The van der Waals surface area contributed by atoms with E-state index in [1.54, 1.807) is 12.3 Å². The zero-order chi connectivity index (χ0) is 19.8. The molecule has 2 aromatic carbocycles. The van der Waals surface area contributed by atoms with Crippen LogP contribution in [0.15, 0.2) is 54.7 Å². The van der Waals surface area contributed by atoms with Gasteiger partial charge in [0.2, 0.25) is 5.91 Å². The van der Waals surface area contributed by atoms with E-state index >= 15 is 0 Å².